The molecule has 6 nitrogen and oxygen atoms in total. The summed E-state index contributed by atoms with van der Waals surface area (Å²) in [5, 5.41) is 2.93. The van der Waals surface area contributed by atoms with E-state index >= 15 is 0 Å². The van der Waals surface area contributed by atoms with E-state index in [2.05, 4.69) is 5.32 Å². The molecule has 0 bridgehead atoms. The summed E-state index contributed by atoms with van der Waals surface area (Å²) in [6.07, 6.45) is 2.00. The van der Waals surface area contributed by atoms with Gasteiger partial charge in [-0.25, -0.2) is 8.42 Å². The first-order valence-electron chi connectivity index (χ1n) is 10.4. The number of carbonyl (C=O) groups excluding carboxylic acids is 1. The summed E-state index contributed by atoms with van der Waals surface area (Å²) in [6, 6.07) is 22.0. The molecule has 0 aromatic heterocycles. The van der Waals surface area contributed by atoms with Gasteiger partial charge in [0.15, 0.2) is 6.61 Å². The van der Waals surface area contributed by atoms with Crippen LogP contribution in [0, 0.1) is 6.92 Å². The zero-order valence-corrected chi connectivity index (χ0v) is 19.4. The van der Waals surface area contributed by atoms with Gasteiger partial charge in [-0.15, -0.1) is 0 Å². The van der Waals surface area contributed by atoms with Gasteiger partial charge in [0.1, 0.15) is 5.75 Å². The van der Waals surface area contributed by atoms with Crippen LogP contribution in [0.3, 0.4) is 0 Å². The third-order valence-electron chi connectivity index (χ3n) is 5.07. The molecule has 0 aliphatic carbocycles. The SMILES string of the molecule is CCc1cccc(C)c1NC(=O)COc1ccc(N(Cc2ccccc2)S(C)(=O)=O)cc1. The van der Waals surface area contributed by atoms with E-state index in [9.17, 15) is 13.2 Å². The number of anilines is 2. The van der Waals surface area contributed by atoms with Crippen LogP contribution in [0.25, 0.3) is 0 Å². The van der Waals surface area contributed by atoms with Crippen molar-refractivity contribution in [2.24, 2.45) is 0 Å². The number of benzene rings is 3. The lowest BCUT2D eigenvalue weighted by Gasteiger charge is -2.22. The fourth-order valence-corrected chi connectivity index (χ4v) is 4.27. The van der Waals surface area contributed by atoms with Crippen molar-refractivity contribution in [3.8, 4) is 5.75 Å². The van der Waals surface area contributed by atoms with Crippen molar-refractivity contribution in [2.45, 2.75) is 26.8 Å². The molecule has 0 unspecified atom stereocenters. The van der Waals surface area contributed by atoms with E-state index in [1.165, 1.54) is 10.6 Å². The van der Waals surface area contributed by atoms with Crippen LogP contribution in [0.2, 0.25) is 0 Å². The number of sulfonamides is 1. The number of hydrogen-bond donors (Lipinski definition) is 1. The van der Waals surface area contributed by atoms with Crippen molar-refractivity contribution in [1.29, 1.82) is 0 Å². The van der Waals surface area contributed by atoms with Crippen molar-refractivity contribution < 1.29 is 17.9 Å². The smallest absolute Gasteiger partial charge is 0.262 e. The van der Waals surface area contributed by atoms with Crippen LogP contribution >= 0.6 is 0 Å². The summed E-state index contributed by atoms with van der Waals surface area (Å²) in [5.41, 5.74) is 4.31. The average molecular weight is 453 g/mol. The zero-order chi connectivity index (χ0) is 23.1. The second-order valence-corrected chi connectivity index (χ2v) is 9.46. The summed E-state index contributed by atoms with van der Waals surface area (Å²) < 4.78 is 31.6. The van der Waals surface area contributed by atoms with Gasteiger partial charge in [0.05, 0.1) is 18.5 Å². The lowest BCUT2D eigenvalue weighted by molar-refractivity contribution is -0.118. The molecule has 3 aromatic rings. The number of hydrogen-bond acceptors (Lipinski definition) is 4. The maximum atomic E-state index is 12.4. The summed E-state index contributed by atoms with van der Waals surface area (Å²) in [4.78, 5) is 12.4. The number of rotatable bonds is 9. The number of nitrogens with zero attached hydrogens (tertiary/aromatic N) is 1. The maximum absolute atomic E-state index is 12.4. The van der Waals surface area contributed by atoms with E-state index in [4.69, 9.17) is 4.74 Å². The zero-order valence-electron chi connectivity index (χ0n) is 18.5. The third-order valence-corrected chi connectivity index (χ3v) is 6.21. The Hall–Kier alpha value is -3.32. The van der Waals surface area contributed by atoms with Crippen LogP contribution in [-0.2, 0) is 27.8 Å². The Kier molecular flexibility index (Phi) is 7.53. The van der Waals surface area contributed by atoms with Gasteiger partial charge in [0, 0.05) is 5.69 Å². The highest BCUT2D eigenvalue weighted by Gasteiger charge is 2.18. The van der Waals surface area contributed by atoms with Crippen LogP contribution in [-0.4, -0.2) is 27.2 Å². The summed E-state index contributed by atoms with van der Waals surface area (Å²) in [6.45, 7) is 4.09. The number of nitrogens with one attached hydrogen (secondary N) is 1. The fourth-order valence-electron chi connectivity index (χ4n) is 3.38. The van der Waals surface area contributed by atoms with Crippen molar-refractivity contribution in [3.05, 3.63) is 89.5 Å². The van der Waals surface area contributed by atoms with Crippen LogP contribution in [0.4, 0.5) is 11.4 Å². The topological polar surface area (TPSA) is 75.7 Å². The monoisotopic (exact) mass is 452 g/mol. The quantitative estimate of drug-likeness (QED) is 0.517. The van der Waals surface area contributed by atoms with E-state index in [0.29, 0.717) is 11.4 Å². The van der Waals surface area contributed by atoms with E-state index < -0.39 is 10.0 Å². The molecule has 3 aromatic carbocycles. The fraction of sp³-hybridized carbons (Fsp3) is 0.240. The molecule has 0 saturated carbocycles. The molecule has 0 atom stereocenters. The Morgan fingerprint density at radius 2 is 1.66 bits per heavy atom. The Bertz CT molecular complexity index is 1160. The van der Waals surface area contributed by atoms with Crippen LogP contribution < -0.4 is 14.4 Å². The van der Waals surface area contributed by atoms with E-state index in [1.54, 1.807) is 24.3 Å². The molecular weight excluding hydrogens is 424 g/mol. The van der Waals surface area contributed by atoms with Gasteiger partial charge in [-0.1, -0.05) is 55.5 Å². The summed E-state index contributed by atoms with van der Waals surface area (Å²) in [5.74, 6) is 0.234. The molecule has 168 valence electrons. The van der Waals surface area contributed by atoms with Crippen molar-refractivity contribution in [2.75, 3.05) is 22.5 Å². The van der Waals surface area contributed by atoms with Crippen molar-refractivity contribution in [1.82, 2.24) is 0 Å². The number of para-hydroxylation sites is 1. The molecule has 0 fully saturated rings. The predicted molar refractivity (Wildman–Crippen MR) is 129 cm³/mol. The Balaban J connectivity index is 1.65. The number of ether oxygens (including phenoxy) is 1. The molecule has 0 spiro atoms. The van der Waals surface area contributed by atoms with E-state index in [-0.39, 0.29) is 19.1 Å². The highest BCUT2D eigenvalue weighted by Crippen LogP contribution is 2.24. The lowest BCUT2D eigenvalue weighted by atomic mass is 10.1. The standard InChI is InChI=1S/C25H28N2O4S/c1-4-21-12-8-9-19(2)25(21)26-24(28)18-31-23-15-13-22(14-16-23)27(32(3,29)30)17-20-10-6-5-7-11-20/h5-16H,4,17-18H2,1-3H3,(H,26,28). The number of carbonyl (C=O) groups is 1. The van der Waals surface area contributed by atoms with Gasteiger partial charge in [0.2, 0.25) is 10.0 Å². The molecule has 1 N–H and O–H groups in total. The molecule has 0 aliphatic rings. The van der Waals surface area contributed by atoms with Gasteiger partial charge < -0.3 is 10.1 Å². The van der Waals surface area contributed by atoms with Crippen molar-refractivity contribution >= 4 is 27.3 Å². The first-order chi connectivity index (χ1) is 15.3. The van der Waals surface area contributed by atoms with Crippen LogP contribution in [0.15, 0.2) is 72.8 Å². The van der Waals surface area contributed by atoms with Gasteiger partial charge in [-0.2, -0.15) is 0 Å². The minimum atomic E-state index is -3.47. The van der Waals surface area contributed by atoms with Crippen LogP contribution in [0.1, 0.15) is 23.6 Å². The summed E-state index contributed by atoms with van der Waals surface area (Å²) >= 11 is 0. The lowest BCUT2D eigenvalue weighted by Crippen LogP contribution is -2.29. The molecule has 0 aliphatic heterocycles. The van der Waals surface area contributed by atoms with E-state index in [1.807, 2.05) is 62.4 Å². The maximum Gasteiger partial charge on any atom is 0.262 e. The molecule has 0 radical (unpaired) electrons. The first-order valence-corrected chi connectivity index (χ1v) is 12.3. The Morgan fingerprint density at radius 1 is 0.969 bits per heavy atom. The average Bonchev–Trinajstić information content (AvgIpc) is 2.78. The number of amides is 1. The molecule has 1 amide bonds. The normalized spacial score (nSPS) is 11.1. The molecule has 32 heavy (non-hydrogen) atoms. The largest absolute Gasteiger partial charge is 0.484 e. The molecule has 7 heteroatoms. The predicted octanol–water partition coefficient (Wildman–Crippen LogP) is 4.54. The van der Waals surface area contributed by atoms with E-state index in [0.717, 1.165) is 28.8 Å². The highest BCUT2D eigenvalue weighted by molar-refractivity contribution is 7.92. The molecular formula is C25H28N2O4S. The minimum Gasteiger partial charge on any atom is -0.484 e. The molecule has 3 rings (SSSR count). The molecule has 0 saturated heterocycles. The Morgan fingerprint density at radius 3 is 2.28 bits per heavy atom. The third kappa shape index (κ3) is 6.11. The van der Waals surface area contributed by atoms with Gasteiger partial charge >= 0.3 is 0 Å². The summed E-state index contributed by atoms with van der Waals surface area (Å²) in [7, 11) is -3.47. The highest BCUT2D eigenvalue weighted by atomic mass is 32.2. The Labute approximate surface area is 189 Å². The van der Waals surface area contributed by atoms with Gasteiger partial charge in [-0.05, 0) is 54.3 Å². The minimum absolute atomic E-state index is 0.142. The van der Waals surface area contributed by atoms with Gasteiger partial charge in [0.25, 0.3) is 5.91 Å². The number of aryl methyl sites for hydroxylation is 2. The second-order valence-electron chi connectivity index (χ2n) is 7.55. The second kappa shape index (κ2) is 10.3. The molecule has 0 heterocycles. The van der Waals surface area contributed by atoms with Gasteiger partial charge in [-0.3, -0.25) is 9.10 Å². The van der Waals surface area contributed by atoms with Crippen molar-refractivity contribution in [3.63, 3.8) is 0 Å². The first kappa shape index (κ1) is 23.3. The van der Waals surface area contributed by atoms with Crippen LogP contribution in [0.5, 0.6) is 5.75 Å².